The number of fused-ring (bicyclic) bond motifs is 1. The molecule has 3 rings (SSSR count). The lowest BCUT2D eigenvalue weighted by Crippen LogP contribution is -2.43. The molecule has 1 unspecified atom stereocenters. The van der Waals surface area contributed by atoms with E-state index in [0.29, 0.717) is 13.0 Å². The molecule has 1 aromatic carbocycles. The van der Waals surface area contributed by atoms with E-state index in [4.69, 9.17) is 4.99 Å². The highest BCUT2D eigenvalue weighted by atomic mass is 16.2. The van der Waals surface area contributed by atoms with Crippen molar-refractivity contribution in [3.63, 3.8) is 0 Å². The molecular weight excluding hydrogens is 388 g/mol. The fourth-order valence-corrected chi connectivity index (χ4v) is 4.18. The lowest BCUT2D eigenvalue weighted by Gasteiger charge is -2.19. The number of guanidine groups is 1. The number of anilines is 1. The van der Waals surface area contributed by atoms with Crippen molar-refractivity contribution in [2.45, 2.75) is 59.4 Å². The summed E-state index contributed by atoms with van der Waals surface area (Å²) in [6.45, 7) is 10.6. The number of hydrogen-bond donors (Lipinski definition) is 2. The maximum atomic E-state index is 12.7. The Bertz CT molecular complexity index is 932. The van der Waals surface area contributed by atoms with Gasteiger partial charge in [-0.2, -0.15) is 5.10 Å². The Kier molecular flexibility index (Phi) is 7.71. The molecule has 0 radical (unpaired) electrons. The van der Waals surface area contributed by atoms with Crippen molar-refractivity contribution in [2.75, 3.05) is 24.5 Å². The molecule has 0 bridgehead atoms. The van der Waals surface area contributed by atoms with Gasteiger partial charge in [0.05, 0.1) is 5.69 Å². The summed E-state index contributed by atoms with van der Waals surface area (Å²) < 4.78 is 1.94. The average molecular weight is 425 g/mol. The molecule has 1 amide bonds. The average Bonchev–Trinajstić information content (AvgIpc) is 3.27. The maximum Gasteiger partial charge on any atom is 0.227 e. The van der Waals surface area contributed by atoms with Crippen LogP contribution in [0.1, 0.15) is 49.2 Å². The van der Waals surface area contributed by atoms with E-state index in [0.717, 1.165) is 49.7 Å². The number of aryl methyl sites for hydroxylation is 2. The Hall–Kier alpha value is -2.83. The predicted octanol–water partition coefficient (Wildman–Crippen LogP) is 2.89. The van der Waals surface area contributed by atoms with Crippen molar-refractivity contribution in [3.8, 4) is 0 Å². The van der Waals surface area contributed by atoms with E-state index in [2.05, 4.69) is 49.5 Å². The van der Waals surface area contributed by atoms with E-state index in [-0.39, 0.29) is 11.9 Å². The van der Waals surface area contributed by atoms with E-state index in [9.17, 15) is 4.79 Å². The van der Waals surface area contributed by atoms with Crippen LogP contribution in [-0.2, 0) is 24.7 Å². The smallest absolute Gasteiger partial charge is 0.227 e. The van der Waals surface area contributed by atoms with Gasteiger partial charge < -0.3 is 15.5 Å². The van der Waals surface area contributed by atoms with E-state index in [1.807, 2.05) is 34.8 Å². The molecule has 7 nitrogen and oxygen atoms in total. The largest absolute Gasteiger partial charge is 0.357 e. The molecule has 1 atom stereocenters. The lowest BCUT2D eigenvalue weighted by molar-refractivity contribution is -0.118. The minimum absolute atomic E-state index is 0.189. The van der Waals surface area contributed by atoms with Gasteiger partial charge in [-0.25, -0.2) is 0 Å². The van der Waals surface area contributed by atoms with Crippen LogP contribution in [0, 0.1) is 13.8 Å². The molecule has 0 fully saturated rings. The minimum Gasteiger partial charge on any atom is -0.357 e. The van der Waals surface area contributed by atoms with Crippen LogP contribution in [0.2, 0.25) is 0 Å². The number of carbonyl (C=O) groups excluding carboxylic acids is 1. The summed E-state index contributed by atoms with van der Waals surface area (Å²) in [6, 6.07) is 8.41. The van der Waals surface area contributed by atoms with Crippen LogP contribution < -0.4 is 15.5 Å². The highest BCUT2D eigenvalue weighted by Gasteiger charge is 2.23. The molecule has 2 heterocycles. The van der Waals surface area contributed by atoms with Crippen LogP contribution in [0.15, 0.2) is 29.3 Å². The van der Waals surface area contributed by atoms with Crippen molar-refractivity contribution in [2.24, 2.45) is 12.0 Å². The molecule has 2 aromatic rings. The zero-order valence-corrected chi connectivity index (χ0v) is 19.5. The molecule has 0 saturated carbocycles. The van der Waals surface area contributed by atoms with Crippen molar-refractivity contribution in [1.82, 2.24) is 20.4 Å². The Morgan fingerprint density at radius 2 is 2.06 bits per heavy atom. The SMILES string of the molecule is CCNC(=NCCCC(=O)N1CCc2ccccc21)NC(C)Cc1c(C)nn(C)c1C. The van der Waals surface area contributed by atoms with Crippen LogP contribution in [0.4, 0.5) is 5.69 Å². The van der Waals surface area contributed by atoms with Crippen molar-refractivity contribution in [1.29, 1.82) is 0 Å². The van der Waals surface area contributed by atoms with Gasteiger partial charge in [0.1, 0.15) is 0 Å². The van der Waals surface area contributed by atoms with Gasteiger partial charge in [0.15, 0.2) is 5.96 Å². The molecule has 1 aliphatic rings. The molecule has 1 aromatic heterocycles. The number of hydrogen-bond acceptors (Lipinski definition) is 3. The van der Waals surface area contributed by atoms with Gasteiger partial charge in [0.2, 0.25) is 5.91 Å². The standard InChI is InChI=1S/C24H36N6O/c1-6-25-24(27-17(2)16-21-18(3)28-29(5)19(21)4)26-14-9-12-23(31)30-15-13-20-10-7-8-11-22(20)30/h7-8,10-11,17H,6,9,12-16H2,1-5H3,(H2,25,26,27). The Morgan fingerprint density at radius 3 is 2.77 bits per heavy atom. The normalized spacial score (nSPS) is 14.5. The molecule has 0 spiro atoms. The van der Waals surface area contributed by atoms with Crippen molar-refractivity contribution in [3.05, 3.63) is 46.8 Å². The zero-order valence-electron chi connectivity index (χ0n) is 19.5. The fourth-order valence-electron chi connectivity index (χ4n) is 4.18. The minimum atomic E-state index is 0.189. The highest BCUT2D eigenvalue weighted by Crippen LogP contribution is 2.28. The summed E-state index contributed by atoms with van der Waals surface area (Å²) in [5.74, 6) is 0.988. The van der Waals surface area contributed by atoms with Crippen LogP contribution >= 0.6 is 0 Å². The zero-order chi connectivity index (χ0) is 22.4. The summed E-state index contributed by atoms with van der Waals surface area (Å²) >= 11 is 0. The molecule has 168 valence electrons. The van der Waals surface area contributed by atoms with Gasteiger partial charge in [0.25, 0.3) is 0 Å². The first-order valence-electron chi connectivity index (χ1n) is 11.3. The molecule has 2 N–H and O–H groups in total. The van der Waals surface area contributed by atoms with Gasteiger partial charge in [0, 0.05) is 50.5 Å². The number of nitrogens with zero attached hydrogens (tertiary/aromatic N) is 4. The summed E-state index contributed by atoms with van der Waals surface area (Å²) in [5, 5.41) is 11.3. The van der Waals surface area contributed by atoms with Gasteiger partial charge in [-0.05, 0) is 64.2 Å². The fraction of sp³-hybridized carbons (Fsp3) is 0.542. The van der Waals surface area contributed by atoms with E-state index in [1.165, 1.54) is 16.8 Å². The monoisotopic (exact) mass is 424 g/mol. The highest BCUT2D eigenvalue weighted by molar-refractivity contribution is 5.95. The quantitative estimate of drug-likeness (QED) is 0.388. The molecule has 0 aliphatic carbocycles. The Labute approximate surface area is 185 Å². The third-order valence-electron chi connectivity index (χ3n) is 5.90. The molecule has 1 aliphatic heterocycles. The summed E-state index contributed by atoms with van der Waals surface area (Å²) in [7, 11) is 1.98. The number of nitrogens with one attached hydrogen (secondary N) is 2. The van der Waals surface area contributed by atoms with Gasteiger partial charge in [-0.15, -0.1) is 0 Å². The Balaban J connectivity index is 1.50. The van der Waals surface area contributed by atoms with E-state index in [1.54, 1.807) is 0 Å². The summed E-state index contributed by atoms with van der Waals surface area (Å²) in [6.07, 6.45) is 3.09. The number of carbonyl (C=O) groups is 1. The first kappa shape index (κ1) is 22.8. The molecule has 7 heteroatoms. The maximum absolute atomic E-state index is 12.7. The van der Waals surface area contributed by atoms with Gasteiger partial charge >= 0.3 is 0 Å². The summed E-state index contributed by atoms with van der Waals surface area (Å²) in [5.41, 5.74) is 5.91. The van der Waals surface area contributed by atoms with Crippen molar-refractivity contribution >= 4 is 17.6 Å². The number of amides is 1. The third-order valence-corrected chi connectivity index (χ3v) is 5.90. The summed E-state index contributed by atoms with van der Waals surface area (Å²) in [4.78, 5) is 19.3. The molecule has 31 heavy (non-hydrogen) atoms. The van der Waals surface area contributed by atoms with Gasteiger partial charge in [-0.1, -0.05) is 18.2 Å². The van der Waals surface area contributed by atoms with E-state index >= 15 is 0 Å². The third kappa shape index (κ3) is 5.66. The first-order valence-corrected chi connectivity index (χ1v) is 11.3. The molecular formula is C24H36N6O. The van der Waals surface area contributed by atoms with E-state index < -0.39 is 0 Å². The topological polar surface area (TPSA) is 74.6 Å². The number of benzene rings is 1. The molecule has 0 saturated heterocycles. The number of para-hydroxylation sites is 1. The van der Waals surface area contributed by atoms with Crippen LogP contribution in [0.25, 0.3) is 0 Å². The van der Waals surface area contributed by atoms with Crippen LogP contribution in [-0.4, -0.2) is 47.3 Å². The predicted molar refractivity (Wildman–Crippen MR) is 127 cm³/mol. The van der Waals surface area contributed by atoms with Crippen molar-refractivity contribution < 1.29 is 4.79 Å². The number of aromatic nitrogens is 2. The van der Waals surface area contributed by atoms with Gasteiger partial charge in [-0.3, -0.25) is 14.5 Å². The number of aliphatic imine (C=N–C) groups is 1. The first-order chi connectivity index (χ1) is 14.9. The van der Waals surface area contributed by atoms with Crippen LogP contribution in [0.3, 0.4) is 0 Å². The second-order valence-corrected chi connectivity index (χ2v) is 8.31. The lowest BCUT2D eigenvalue weighted by atomic mass is 10.1. The second-order valence-electron chi connectivity index (χ2n) is 8.31. The second kappa shape index (κ2) is 10.5. The Morgan fingerprint density at radius 1 is 1.29 bits per heavy atom. The van der Waals surface area contributed by atoms with Crippen LogP contribution in [0.5, 0.6) is 0 Å². The number of rotatable bonds is 8.